The molecule has 0 unspecified atom stereocenters. The Morgan fingerprint density at radius 1 is 0.966 bits per heavy atom. The Bertz CT molecular complexity index is 748. The molecule has 0 fully saturated rings. The molecule has 0 radical (unpaired) electrons. The van der Waals surface area contributed by atoms with Crippen molar-refractivity contribution in [3.63, 3.8) is 0 Å². The third-order valence-corrected chi connectivity index (χ3v) is 3.56. The maximum atomic E-state index is 13.0. The Labute approximate surface area is 170 Å². The number of rotatable bonds is 3. The van der Waals surface area contributed by atoms with Gasteiger partial charge in [-0.1, -0.05) is 6.08 Å². The van der Waals surface area contributed by atoms with Gasteiger partial charge in [-0.3, -0.25) is 4.84 Å². The first-order valence-electron chi connectivity index (χ1n) is 9.36. The zero-order valence-electron chi connectivity index (χ0n) is 17.6. The quantitative estimate of drug-likeness (QED) is 0.397. The van der Waals surface area contributed by atoms with E-state index in [1.165, 1.54) is 24.3 Å². The maximum absolute atomic E-state index is 13.0. The van der Waals surface area contributed by atoms with E-state index in [0.29, 0.717) is 12.2 Å². The van der Waals surface area contributed by atoms with Crippen LogP contribution in [0.15, 0.2) is 36.4 Å². The Hall–Kier alpha value is -2.77. The van der Waals surface area contributed by atoms with Gasteiger partial charge in [-0.25, -0.2) is 14.0 Å². The lowest BCUT2D eigenvalue weighted by Crippen LogP contribution is -2.44. The highest BCUT2D eigenvalue weighted by molar-refractivity contribution is 5.70. The fourth-order valence-electron chi connectivity index (χ4n) is 2.49. The number of carbonyl (C=O) groups is 2. The van der Waals surface area contributed by atoms with Crippen LogP contribution in [0.3, 0.4) is 0 Å². The minimum atomic E-state index is -1.01. The van der Waals surface area contributed by atoms with Gasteiger partial charge in [-0.05, 0) is 71.9 Å². The van der Waals surface area contributed by atoms with Gasteiger partial charge in [0.05, 0.1) is 6.04 Å². The lowest BCUT2D eigenvalue weighted by Gasteiger charge is -2.30. The minimum Gasteiger partial charge on any atom is -0.486 e. The van der Waals surface area contributed by atoms with Gasteiger partial charge in [0.25, 0.3) is 0 Å². The smallest absolute Gasteiger partial charge is 0.486 e. The van der Waals surface area contributed by atoms with Crippen LogP contribution in [0.1, 0.15) is 48.0 Å². The topological polar surface area (TPSA) is 74.3 Å². The molecule has 0 aliphatic heterocycles. The first-order valence-corrected chi connectivity index (χ1v) is 9.36. The molecule has 0 spiro atoms. The van der Waals surface area contributed by atoms with Crippen LogP contribution >= 0.6 is 0 Å². The van der Waals surface area contributed by atoms with Crippen molar-refractivity contribution in [1.82, 2.24) is 5.06 Å². The normalized spacial score (nSPS) is 18.9. The van der Waals surface area contributed by atoms with Gasteiger partial charge in [-0.2, -0.15) is 0 Å². The molecule has 1 amide bonds. The molecule has 8 heteroatoms. The highest BCUT2D eigenvalue weighted by atomic mass is 19.1. The van der Waals surface area contributed by atoms with Crippen molar-refractivity contribution in [3.8, 4) is 5.75 Å². The molecule has 1 aromatic rings. The van der Waals surface area contributed by atoms with Crippen LogP contribution in [0.25, 0.3) is 0 Å². The Morgan fingerprint density at radius 2 is 1.55 bits per heavy atom. The van der Waals surface area contributed by atoms with E-state index < -0.39 is 35.6 Å². The fraction of sp³-hybridized carbons (Fsp3) is 0.524. The van der Waals surface area contributed by atoms with Crippen LogP contribution in [0.4, 0.5) is 14.0 Å². The second-order valence-electron chi connectivity index (χ2n) is 8.66. The molecule has 2 atom stereocenters. The Morgan fingerprint density at radius 3 is 2.10 bits per heavy atom. The number of hydrogen-bond acceptors (Lipinski definition) is 6. The summed E-state index contributed by atoms with van der Waals surface area (Å²) in [5.41, 5.74) is -1.56. The van der Waals surface area contributed by atoms with Gasteiger partial charge in [0.15, 0.2) is 0 Å². The van der Waals surface area contributed by atoms with Gasteiger partial charge >= 0.3 is 12.2 Å². The number of benzene rings is 1. The van der Waals surface area contributed by atoms with Crippen LogP contribution < -0.4 is 4.74 Å². The molecule has 7 nitrogen and oxygen atoms in total. The van der Waals surface area contributed by atoms with E-state index in [4.69, 9.17) is 19.0 Å². The van der Waals surface area contributed by atoms with Crippen molar-refractivity contribution in [2.24, 2.45) is 0 Å². The SMILES string of the molecule is CC(C)(C)OC(=O)ON(C(=O)OC(C)(C)C)[C@@H]1C=C[C@H](Oc2ccc(F)cc2)C1. The maximum Gasteiger partial charge on any atom is 0.534 e. The molecule has 0 aromatic heterocycles. The molecule has 0 saturated carbocycles. The monoisotopic (exact) mass is 409 g/mol. The fourth-order valence-corrected chi connectivity index (χ4v) is 2.49. The van der Waals surface area contributed by atoms with Crippen molar-refractivity contribution >= 4 is 12.2 Å². The van der Waals surface area contributed by atoms with Crippen LogP contribution in [0, 0.1) is 5.82 Å². The van der Waals surface area contributed by atoms with Gasteiger partial charge in [-0.15, -0.1) is 5.06 Å². The van der Waals surface area contributed by atoms with Crippen molar-refractivity contribution < 1.29 is 33.0 Å². The van der Waals surface area contributed by atoms with E-state index in [0.717, 1.165) is 5.06 Å². The summed E-state index contributed by atoms with van der Waals surface area (Å²) in [6.07, 6.45) is 1.52. The second-order valence-corrected chi connectivity index (χ2v) is 8.66. The van der Waals surface area contributed by atoms with E-state index in [1.54, 1.807) is 53.7 Å². The number of hydrogen-bond donors (Lipinski definition) is 0. The first kappa shape index (κ1) is 22.5. The molecule has 1 aliphatic carbocycles. The van der Waals surface area contributed by atoms with Gasteiger partial charge in [0.1, 0.15) is 28.9 Å². The van der Waals surface area contributed by atoms with E-state index in [-0.39, 0.29) is 5.82 Å². The van der Waals surface area contributed by atoms with Crippen LogP contribution in [-0.2, 0) is 14.3 Å². The summed E-state index contributed by atoms with van der Waals surface area (Å²) in [5.74, 6) is 0.123. The number of nitrogens with zero attached hydrogens (tertiary/aromatic N) is 1. The number of ether oxygens (including phenoxy) is 3. The van der Waals surface area contributed by atoms with Crippen molar-refractivity contribution in [1.29, 1.82) is 0 Å². The zero-order chi connectivity index (χ0) is 21.8. The number of hydroxylamine groups is 2. The van der Waals surface area contributed by atoms with Gasteiger partial charge in [0, 0.05) is 6.42 Å². The summed E-state index contributed by atoms with van der Waals surface area (Å²) >= 11 is 0. The van der Waals surface area contributed by atoms with E-state index in [9.17, 15) is 14.0 Å². The zero-order valence-corrected chi connectivity index (χ0v) is 17.6. The first-order chi connectivity index (χ1) is 13.3. The van der Waals surface area contributed by atoms with Crippen LogP contribution in [-0.4, -0.2) is 40.7 Å². The summed E-state index contributed by atoms with van der Waals surface area (Å²) in [6, 6.07) is 5.01. The van der Waals surface area contributed by atoms with E-state index in [1.807, 2.05) is 0 Å². The van der Waals surface area contributed by atoms with Crippen molar-refractivity contribution in [2.75, 3.05) is 0 Å². The lowest BCUT2D eigenvalue weighted by atomic mass is 10.2. The molecule has 0 saturated heterocycles. The average Bonchev–Trinajstić information content (AvgIpc) is 2.99. The second kappa shape index (κ2) is 8.71. The molecule has 1 aliphatic rings. The predicted octanol–water partition coefficient (Wildman–Crippen LogP) is 5.01. The highest BCUT2D eigenvalue weighted by Gasteiger charge is 2.36. The number of amides is 1. The summed E-state index contributed by atoms with van der Waals surface area (Å²) in [7, 11) is 0. The molecule has 0 bridgehead atoms. The summed E-state index contributed by atoms with van der Waals surface area (Å²) in [6.45, 7) is 10.2. The van der Waals surface area contributed by atoms with Gasteiger partial charge in [0.2, 0.25) is 0 Å². The standard InChI is InChI=1S/C21H28FNO6/c1-20(2,3)27-18(24)23(29-19(25)28-21(4,5)6)15-9-12-17(13-15)26-16-10-7-14(22)8-11-16/h7-12,15,17H,13H2,1-6H3/t15-,17+/m1/s1. The van der Waals surface area contributed by atoms with E-state index >= 15 is 0 Å². The highest BCUT2D eigenvalue weighted by Crippen LogP contribution is 2.25. The van der Waals surface area contributed by atoms with Crippen LogP contribution in [0.5, 0.6) is 5.75 Å². The summed E-state index contributed by atoms with van der Waals surface area (Å²) in [5, 5.41) is 0.851. The number of carbonyl (C=O) groups excluding carboxylic acids is 2. The molecular formula is C21H28FNO6. The van der Waals surface area contributed by atoms with E-state index in [2.05, 4.69) is 0 Å². The summed E-state index contributed by atoms with van der Waals surface area (Å²) < 4.78 is 29.3. The Balaban J connectivity index is 2.07. The van der Waals surface area contributed by atoms with Gasteiger partial charge < -0.3 is 14.2 Å². The third kappa shape index (κ3) is 7.63. The molecule has 2 rings (SSSR count). The number of halogens is 1. The predicted molar refractivity (Wildman–Crippen MR) is 104 cm³/mol. The van der Waals surface area contributed by atoms with Crippen molar-refractivity contribution in [3.05, 3.63) is 42.2 Å². The largest absolute Gasteiger partial charge is 0.534 e. The lowest BCUT2D eigenvalue weighted by molar-refractivity contribution is -0.149. The molecule has 0 heterocycles. The van der Waals surface area contributed by atoms with Crippen LogP contribution in [0.2, 0.25) is 0 Å². The minimum absolute atomic E-state index is 0.319. The molecule has 160 valence electrons. The molecule has 29 heavy (non-hydrogen) atoms. The Kier molecular flexibility index (Phi) is 6.77. The molecule has 1 aromatic carbocycles. The third-order valence-electron chi connectivity index (χ3n) is 3.56. The summed E-state index contributed by atoms with van der Waals surface area (Å²) in [4.78, 5) is 29.9. The average molecular weight is 409 g/mol. The molecule has 0 N–H and O–H groups in total. The van der Waals surface area contributed by atoms with Crippen molar-refractivity contribution in [2.45, 2.75) is 71.3 Å². The molecular weight excluding hydrogens is 381 g/mol.